The highest BCUT2D eigenvalue weighted by molar-refractivity contribution is 5.85. The van der Waals surface area contributed by atoms with Gasteiger partial charge in [0.25, 0.3) is 0 Å². The molecular weight excluding hydrogens is 294 g/mol. The quantitative estimate of drug-likeness (QED) is 0.680. The topological polar surface area (TPSA) is 95.3 Å². The Kier molecular flexibility index (Phi) is 5.82. The number of carbonyl (C=O) groups is 1. The van der Waals surface area contributed by atoms with Gasteiger partial charge >= 0.3 is 5.97 Å². The van der Waals surface area contributed by atoms with Crippen molar-refractivity contribution in [3.05, 3.63) is 48.3 Å². The second-order valence-electron chi connectivity index (χ2n) is 5.02. The fraction of sp³-hybridized carbons (Fsp3) is 0.235. The highest BCUT2D eigenvalue weighted by Crippen LogP contribution is 2.20. The maximum atomic E-state index is 10.6. The molecule has 1 aromatic carbocycles. The van der Waals surface area contributed by atoms with E-state index in [4.69, 9.17) is 5.11 Å². The molecule has 0 radical (unpaired) electrons. The van der Waals surface area contributed by atoms with Gasteiger partial charge in [-0.3, -0.25) is 4.98 Å². The smallest absolute Gasteiger partial charge is 0.328 e. The second kappa shape index (κ2) is 8.05. The number of aliphatic hydroxyl groups is 1. The molecule has 3 N–H and O–H groups in total. The van der Waals surface area contributed by atoms with E-state index in [9.17, 15) is 9.90 Å². The first-order valence-corrected chi connectivity index (χ1v) is 7.33. The van der Waals surface area contributed by atoms with Crippen LogP contribution in [0.5, 0.6) is 0 Å². The van der Waals surface area contributed by atoms with Gasteiger partial charge in [0, 0.05) is 11.6 Å². The summed E-state index contributed by atoms with van der Waals surface area (Å²) in [6, 6.07) is 7.31. The van der Waals surface area contributed by atoms with Crippen molar-refractivity contribution in [2.75, 3.05) is 11.9 Å². The van der Waals surface area contributed by atoms with Gasteiger partial charge in [-0.05, 0) is 24.1 Å². The molecule has 0 saturated heterocycles. The Labute approximate surface area is 134 Å². The summed E-state index contributed by atoms with van der Waals surface area (Å²) in [6.07, 6.45) is 6.65. The summed E-state index contributed by atoms with van der Waals surface area (Å²) in [5.41, 5.74) is 2.28. The number of hydrogen-bond acceptors (Lipinski definition) is 5. The Bertz CT molecular complexity index is 697. The Morgan fingerprint density at radius 3 is 2.91 bits per heavy atom. The Balaban J connectivity index is 2.25. The molecule has 2 rings (SSSR count). The van der Waals surface area contributed by atoms with Gasteiger partial charge in [0.05, 0.1) is 30.7 Å². The highest BCUT2D eigenvalue weighted by Gasteiger charge is 2.07. The molecule has 1 atom stereocenters. The third kappa shape index (κ3) is 4.89. The van der Waals surface area contributed by atoms with Crippen LogP contribution < -0.4 is 5.32 Å². The molecule has 0 amide bonds. The van der Waals surface area contributed by atoms with Gasteiger partial charge in [-0.15, -0.1) is 0 Å². The van der Waals surface area contributed by atoms with E-state index >= 15 is 0 Å². The standard InChI is InChI=1S/C17H19N3O3/c1-2-14(11-21)19-16-10-18-9-15(20-16)13-5-3-4-12(8-13)6-7-17(22)23/h3-10,14,21H,2,11H2,1H3,(H,19,20)(H,22,23)/b7-6+. The van der Waals surface area contributed by atoms with Crippen LogP contribution in [0.2, 0.25) is 0 Å². The molecule has 0 fully saturated rings. The summed E-state index contributed by atoms with van der Waals surface area (Å²) in [7, 11) is 0. The van der Waals surface area contributed by atoms with Crippen molar-refractivity contribution in [2.24, 2.45) is 0 Å². The zero-order chi connectivity index (χ0) is 16.7. The predicted molar refractivity (Wildman–Crippen MR) is 88.9 cm³/mol. The number of nitrogens with zero attached hydrogens (tertiary/aromatic N) is 2. The third-order valence-electron chi connectivity index (χ3n) is 3.30. The van der Waals surface area contributed by atoms with Crippen molar-refractivity contribution in [1.82, 2.24) is 9.97 Å². The predicted octanol–water partition coefficient (Wildman–Crippen LogP) is 2.42. The average molecular weight is 313 g/mol. The molecule has 0 aliphatic heterocycles. The summed E-state index contributed by atoms with van der Waals surface area (Å²) < 4.78 is 0. The van der Waals surface area contributed by atoms with Crippen LogP contribution in [0.1, 0.15) is 18.9 Å². The largest absolute Gasteiger partial charge is 0.478 e. The van der Waals surface area contributed by atoms with Gasteiger partial charge in [-0.25, -0.2) is 9.78 Å². The number of aromatic nitrogens is 2. The summed E-state index contributed by atoms with van der Waals surface area (Å²) >= 11 is 0. The molecule has 1 heterocycles. The second-order valence-corrected chi connectivity index (χ2v) is 5.02. The lowest BCUT2D eigenvalue weighted by atomic mass is 10.1. The molecule has 6 nitrogen and oxygen atoms in total. The number of carboxylic acid groups (broad SMARTS) is 1. The maximum absolute atomic E-state index is 10.6. The zero-order valence-electron chi connectivity index (χ0n) is 12.8. The summed E-state index contributed by atoms with van der Waals surface area (Å²) in [6.45, 7) is 2.00. The minimum absolute atomic E-state index is 0.0257. The Morgan fingerprint density at radius 2 is 2.22 bits per heavy atom. The third-order valence-corrected chi connectivity index (χ3v) is 3.30. The van der Waals surface area contributed by atoms with E-state index in [2.05, 4.69) is 15.3 Å². The number of rotatable bonds is 7. The van der Waals surface area contributed by atoms with Gasteiger partial charge in [-0.2, -0.15) is 0 Å². The first-order chi connectivity index (χ1) is 11.1. The first kappa shape index (κ1) is 16.6. The zero-order valence-corrected chi connectivity index (χ0v) is 12.8. The molecule has 23 heavy (non-hydrogen) atoms. The van der Waals surface area contributed by atoms with E-state index in [1.54, 1.807) is 12.4 Å². The van der Waals surface area contributed by atoms with E-state index in [0.29, 0.717) is 11.5 Å². The monoisotopic (exact) mass is 313 g/mol. The molecule has 1 aromatic heterocycles. The maximum Gasteiger partial charge on any atom is 0.328 e. The van der Waals surface area contributed by atoms with E-state index < -0.39 is 5.97 Å². The van der Waals surface area contributed by atoms with E-state index in [1.165, 1.54) is 6.08 Å². The summed E-state index contributed by atoms with van der Waals surface area (Å²) in [5, 5.41) is 21.1. The molecule has 6 heteroatoms. The van der Waals surface area contributed by atoms with Crippen molar-refractivity contribution in [2.45, 2.75) is 19.4 Å². The van der Waals surface area contributed by atoms with Crippen LogP contribution in [0, 0.1) is 0 Å². The van der Waals surface area contributed by atoms with Crippen LogP contribution in [-0.2, 0) is 4.79 Å². The van der Waals surface area contributed by atoms with Crippen molar-refractivity contribution >= 4 is 17.9 Å². The number of aliphatic hydroxyl groups excluding tert-OH is 1. The number of carboxylic acids is 1. The van der Waals surface area contributed by atoms with Gasteiger partial charge in [-0.1, -0.05) is 25.1 Å². The van der Waals surface area contributed by atoms with E-state index in [0.717, 1.165) is 23.6 Å². The highest BCUT2D eigenvalue weighted by atomic mass is 16.4. The fourth-order valence-corrected chi connectivity index (χ4v) is 2.03. The molecular formula is C17H19N3O3. The molecule has 0 aliphatic rings. The first-order valence-electron chi connectivity index (χ1n) is 7.33. The fourth-order valence-electron chi connectivity index (χ4n) is 2.03. The van der Waals surface area contributed by atoms with Crippen LogP contribution in [-0.4, -0.2) is 38.8 Å². The lowest BCUT2D eigenvalue weighted by Gasteiger charge is -2.14. The normalized spacial score (nSPS) is 12.3. The Hall–Kier alpha value is -2.73. The van der Waals surface area contributed by atoms with Crippen LogP contribution in [0.4, 0.5) is 5.82 Å². The summed E-state index contributed by atoms with van der Waals surface area (Å²) in [4.78, 5) is 19.3. The van der Waals surface area contributed by atoms with Crippen molar-refractivity contribution in [3.63, 3.8) is 0 Å². The molecule has 2 aromatic rings. The summed E-state index contributed by atoms with van der Waals surface area (Å²) in [5.74, 6) is -0.397. The molecule has 0 aliphatic carbocycles. The van der Waals surface area contributed by atoms with Gasteiger partial charge < -0.3 is 15.5 Å². The number of benzene rings is 1. The number of hydrogen-bond donors (Lipinski definition) is 3. The van der Waals surface area contributed by atoms with Crippen LogP contribution in [0.25, 0.3) is 17.3 Å². The minimum atomic E-state index is -0.990. The molecule has 120 valence electrons. The van der Waals surface area contributed by atoms with Crippen LogP contribution in [0.15, 0.2) is 42.7 Å². The van der Waals surface area contributed by atoms with Gasteiger partial charge in [0.1, 0.15) is 5.82 Å². The Morgan fingerprint density at radius 1 is 1.39 bits per heavy atom. The van der Waals surface area contributed by atoms with Crippen LogP contribution >= 0.6 is 0 Å². The number of aliphatic carboxylic acids is 1. The number of nitrogens with one attached hydrogen (secondary N) is 1. The number of anilines is 1. The SMILES string of the molecule is CCC(CO)Nc1cncc(-c2cccc(/C=C/C(=O)O)c2)n1. The molecule has 0 saturated carbocycles. The van der Waals surface area contributed by atoms with E-state index in [-0.39, 0.29) is 12.6 Å². The van der Waals surface area contributed by atoms with Gasteiger partial charge in [0.2, 0.25) is 0 Å². The van der Waals surface area contributed by atoms with Crippen molar-refractivity contribution in [1.29, 1.82) is 0 Å². The van der Waals surface area contributed by atoms with Gasteiger partial charge in [0.15, 0.2) is 0 Å². The minimum Gasteiger partial charge on any atom is -0.478 e. The van der Waals surface area contributed by atoms with Crippen LogP contribution in [0.3, 0.4) is 0 Å². The molecule has 1 unspecified atom stereocenters. The lowest BCUT2D eigenvalue weighted by Crippen LogP contribution is -2.23. The average Bonchev–Trinajstić information content (AvgIpc) is 2.58. The van der Waals surface area contributed by atoms with Crippen molar-refractivity contribution < 1.29 is 15.0 Å². The lowest BCUT2D eigenvalue weighted by molar-refractivity contribution is -0.131. The molecule has 0 spiro atoms. The molecule has 0 bridgehead atoms. The van der Waals surface area contributed by atoms with Crippen molar-refractivity contribution in [3.8, 4) is 11.3 Å². The van der Waals surface area contributed by atoms with E-state index in [1.807, 2.05) is 31.2 Å².